The van der Waals surface area contributed by atoms with Crippen molar-refractivity contribution in [2.24, 2.45) is 7.05 Å². The van der Waals surface area contributed by atoms with E-state index < -0.39 is 11.7 Å². The van der Waals surface area contributed by atoms with Crippen molar-refractivity contribution in [3.05, 3.63) is 57.0 Å². The third-order valence-corrected chi connectivity index (χ3v) is 5.72. The number of aryl methyl sites for hydroxylation is 1. The molecule has 0 aliphatic carbocycles. The zero-order valence-corrected chi connectivity index (χ0v) is 15.3. The molecule has 27 heavy (non-hydrogen) atoms. The fourth-order valence-corrected chi connectivity index (χ4v) is 4.21. The van der Waals surface area contributed by atoms with Crippen LogP contribution in [-0.2, 0) is 19.8 Å². The summed E-state index contributed by atoms with van der Waals surface area (Å²) in [6, 6.07) is 5.92. The highest BCUT2D eigenvalue weighted by Gasteiger charge is 2.45. The first kappa shape index (κ1) is 18.3. The predicted octanol–water partition coefficient (Wildman–Crippen LogP) is 2.92. The molecule has 5 nitrogen and oxygen atoms in total. The molecule has 0 amide bonds. The molecule has 0 spiro atoms. The van der Waals surface area contributed by atoms with Crippen LogP contribution in [0.2, 0.25) is 5.02 Å². The van der Waals surface area contributed by atoms with Gasteiger partial charge in [-0.25, -0.2) is 4.68 Å². The lowest BCUT2D eigenvalue weighted by Gasteiger charge is -2.57. The topological polar surface area (TPSA) is 41.4 Å². The van der Waals surface area contributed by atoms with Gasteiger partial charge in [-0.2, -0.15) is 18.3 Å². The van der Waals surface area contributed by atoms with Gasteiger partial charge in [-0.05, 0) is 18.1 Å². The van der Waals surface area contributed by atoms with Crippen LogP contribution in [0.1, 0.15) is 17.5 Å². The second-order valence-corrected chi connectivity index (χ2v) is 7.47. The largest absolute Gasteiger partial charge is 0.416 e. The minimum atomic E-state index is -4.33. The molecule has 0 radical (unpaired) electrons. The van der Waals surface area contributed by atoms with Gasteiger partial charge in [0.25, 0.3) is 5.56 Å². The average molecular weight is 399 g/mol. The summed E-state index contributed by atoms with van der Waals surface area (Å²) in [5, 5.41) is 4.18. The van der Waals surface area contributed by atoms with Gasteiger partial charge in [0.1, 0.15) is 5.02 Å². The Balaban J connectivity index is 1.47. The number of piperidine rings is 1. The summed E-state index contributed by atoms with van der Waals surface area (Å²) in [6.07, 6.45) is -1.75. The van der Waals surface area contributed by atoms with Gasteiger partial charge in [0.05, 0.1) is 17.4 Å². The Labute approximate surface area is 158 Å². The van der Waals surface area contributed by atoms with E-state index >= 15 is 0 Å². The highest BCUT2D eigenvalue weighted by molar-refractivity contribution is 6.33. The molecule has 3 saturated heterocycles. The maximum Gasteiger partial charge on any atom is 0.416 e. The summed E-state index contributed by atoms with van der Waals surface area (Å²) in [4.78, 5) is 16.2. The van der Waals surface area contributed by atoms with Gasteiger partial charge in [0, 0.05) is 38.8 Å². The molecule has 5 rings (SSSR count). The number of alkyl halides is 3. The van der Waals surface area contributed by atoms with E-state index in [1.165, 1.54) is 16.8 Å². The van der Waals surface area contributed by atoms with E-state index in [9.17, 15) is 18.0 Å². The van der Waals surface area contributed by atoms with Crippen LogP contribution in [0.25, 0.3) is 0 Å². The van der Waals surface area contributed by atoms with E-state index in [4.69, 9.17) is 11.6 Å². The summed E-state index contributed by atoms with van der Waals surface area (Å²) >= 11 is 6.19. The summed E-state index contributed by atoms with van der Waals surface area (Å²) < 4.78 is 39.9. The molecule has 3 fully saturated rings. The number of benzene rings is 1. The number of nitrogens with zero attached hydrogens (tertiary/aromatic N) is 4. The molecule has 0 N–H and O–H groups in total. The SMILES string of the molecule is Cn1ncc(N2CC3CC(C2)N3Cc2cccc(C(F)(F)F)c2)c(Cl)c1=O. The highest BCUT2D eigenvalue weighted by Crippen LogP contribution is 2.37. The van der Waals surface area contributed by atoms with E-state index in [1.54, 1.807) is 19.3 Å². The first-order valence-corrected chi connectivity index (χ1v) is 9.00. The van der Waals surface area contributed by atoms with Crippen LogP contribution >= 0.6 is 11.6 Å². The van der Waals surface area contributed by atoms with Crippen molar-refractivity contribution in [2.75, 3.05) is 18.0 Å². The quantitative estimate of drug-likeness (QED) is 0.797. The van der Waals surface area contributed by atoms with E-state index in [0.29, 0.717) is 30.9 Å². The molecule has 2 bridgehead atoms. The smallest absolute Gasteiger partial charge is 0.366 e. The number of piperazine rings is 1. The molecule has 2 unspecified atom stereocenters. The molecule has 4 heterocycles. The lowest BCUT2D eigenvalue weighted by Crippen LogP contribution is -2.68. The van der Waals surface area contributed by atoms with Crippen LogP contribution in [0.3, 0.4) is 0 Å². The molecule has 2 aromatic rings. The molecule has 1 aromatic carbocycles. The Bertz CT molecular complexity index is 918. The van der Waals surface area contributed by atoms with Gasteiger partial charge in [0.15, 0.2) is 0 Å². The molecule has 1 aromatic heterocycles. The van der Waals surface area contributed by atoms with Crippen molar-refractivity contribution < 1.29 is 13.2 Å². The highest BCUT2D eigenvalue weighted by atomic mass is 35.5. The number of hydrogen-bond donors (Lipinski definition) is 0. The Morgan fingerprint density at radius 2 is 1.96 bits per heavy atom. The van der Waals surface area contributed by atoms with Gasteiger partial charge in [-0.15, -0.1) is 0 Å². The Hall–Kier alpha value is -2.06. The number of aromatic nitrogens is 2. The fourth-order valence-electron chi connectivity index (χ4n) is 3.92. The van der Waals surface area contributed by atoms with Crippen molar-refractivity contribution in [1.29, 1.82) is 0 Å². The second kappa shape index (κ2) is 6.53. The van der Waals surface area contributed by atoms with Crippen molar-refractivity contribution in [3.63, 3.8) is 0 Å². The number of halogens is 4. The van der Waals surface area contributed by atoms with E-state index in [1.807, 2.05) is 4.90 Å². The summed E-state index contributed by atoms with van der Waals surface area (Å²) in [5.41, 5.74) is 0.314. The number of fused-ring (bicyclic) bond motifs is 2. The minimum Gasteiger partial charge on any atom is -0.366 e. The molecule has 0 saturated carbocycles. The normalized spacial score (nSPS) is 22.6. The van der Waals surface area contributed by atoms with Crippen molar-refractivity contribution in [1.82, 2.24) is 14.7 Å². The van der Waals surface area contributed by atoms with Crippen LogP contribution in [0.15, 0.2) is 35.3 Å². The van der Waals surface area contributed by atoms with E-state index in [-0.39, 0.29) is 22.7 Å². The molecule has 2 atom stereocenters. The Morgan fingerprint density at radius 3 is 2.63 bits per heavy atom. The lowest BCUT2D eigenvalue weighted by atomic mass is 9.86. The molecule has 3 aliphatic heterocycles. The molecule has 144 valence electrons. The zero-order chi connectivity index (χ0) is 19.3. The van der Waals surface area contributed by atoms with Gasteiger partial charge in [-0.3, -0.25) is 9.69 Å². The van der Waals surface area contributed by atoms with Crippen LogP contribution < -0.4 is 10.5 Å². The van der Waals surface area contributed by atoms with Gasteiger partial charge in [0.2, 0.25) is 0 Å². The third-order valence-electron chi connectivity index (χ3n) is 5.36. The maximum absolute atomic E-state index is 12.9. The molecular weight excluding hydrogens is 381 g/mol. The first-order valence-electron chi connectivity index (χ1n) is 8.62. The number of anilines is 1. The van der Waals surface area contributed by atoms with Gasteiger partial charge < -0.3 is 4.90 Å². The van der Waals surface area contributed by atoms with Crippen molar-refractivity contribution >= 4 is 17.3 Å². The second-order valence-electron chi connectivity index (χ2n) is 7.09. The third kappa shape index (κ3) is 3.32. The predicted molar refractivity (Wildman–Crippen MR) is 95.9 cm³/mol. The zero-order valence-electron chi connectivity index (χ0n) is 14.6. The fraction of sp³-hybridized carbons (Fsp3) is 0.444. The molecule has 3 aliphatic rings. The lowest BCUT2D eigenvalue weighted by molar-refractivity contribution is -0.137. The maximum atomic E-state index is 12.9. The van der Waals surface area contributed by atoms with Gasteiger partial charge in [-0.1, -0.05) is 29.8 Å². The Kier molecular flexibility index (Phi) is 4.43. The van der Waals surface area contributed by atoms with Crippen molar-refractivity contribution in [2.45, 2.75) is 31.2 Å². The van der Waals surface area contributed by atoms with Crippen LogP contribution in [-0.4, -0.2) is 39.9 Å². The average Bonchev–Trinajstić information content (AvgIpc) is 2.64. The van der Waals surface area contributed by atoms with E-state index in [2.05, 4.69) is 10.00 Å². The van der Waals surface area contributed by atoms with E-state index in [0.717, 1.165) is 12.5 Å². The summed E-state index contributed by atoms with van der Waals surface area (Å²) in [5.74, 6) is 0. The monoisotopic (exact) mass is 398 g/mol. The first-order chi connectivity index (χ1) is 12.7. The molecular formula is C18H18ClF3N4O. The molecule has 9 heteroatoms. The Morgan fingerprint density at radius 1 is 1.26 bits per heavy atom. The standard InChI is InChI=1S/C18H18ClF3N4O/c1-24-17(27)16(19)15(7-23-24)25-9-13-6-14(10-25)26(13)8-11-3-2-4-12(5-11)18(20,21)22/h2-5,7,13-14H,6,8-10H2,1H3. The summed E-state index contributed by atoms with van der Waals surface area (Å²) in [6.45, 7) is 1.82. The van der Waals surface area contributed by atoms with Crippen LogP contribution in [0, 0.1) is 0 Å². The summed E-state index contributed by atoms with van der Waals surface area (Å²) in [7, 11) is 1.54. The van der Waals surface area contributed by atoms with Crippen molar-refractivity contribution in [3.8, 4) is 0 Å². The minimum absolute atomic E-state index is 0.151. The van der Waals surface area contributed by atoms with Crippen LogP contribution in [0.4, 0.5) is 18.9 Å². The number of hydrogen-bond acceptors (Lipinski definition) is 4. The van der Waals surface area contributed by atoms with Gasteiger partial charge >= 0.3 is 6.18 Å². The van der Waals surface area contributed by atoms with Crippen LogP contribution in [0.5, 0.6) is 0 Å². The number of rotatable bonds is 3.